The van der Waals surface area contributed by atoms with Gasteiger partial charge in [-0.25, -0.2) is 9.59 Å². The number of methoxy groups -OCH3 is 1. The normalized spacial score (nSPS) is 9.91. The molecule has 0 aromatic heterocycles. The molecule has 114 valence electrons. The Labute approximate surface area is 141 Å². The van der Waals surface area contributed by atoms with E-state index in [1.54, 1.807) is 18.2 Å². The van der Waals surface area contributed by atoms with Crippen molar-refractivity contribution in [2.75, 3.05) is 12.4 Å². The molecule has 0 bridgehead atoms. The van der Waals surface area contributed by atoms with Crippen molar-refractivity contribution in [1.82, 2.24) is 0 Å². The summed E-state index contributed by atoms with van der Waals surface area (Å²) in [7, 11) is 1.29. The average molecular weight is 411 g/mol. The van der Waals surface area contributed by atoms with Crippen molar-refractivity contribution in [3.63, 3.8) is 0 Å². The van der Waals surface area contributed by atoms with Crippen molar-refractivity contribution in [2.45, 2.75) is 6.61 Å². The summed E-state index contributed by atoms with van der Waals surface area (Å²) in [5, 5.41) is 2.59. The summed E-state index contributed by atoms with van der Waals surface area (Å²) in [6.07, 6.45) is -0.627. The molecule has 0 aliphatic rings. The van der Waals surface area contributed by atoms with E-state index in [0.29, 0.717) is 5.69 Å². The summed E-state index contributed by atoms with van der Waals surface area (Å²) in [5.41, 5.74) is 1.55. The van der Waals surface area contributed by atoms with E-state index < -0.39 is 12.1 Å². The standard InChI is InChI=1S/C16H14INO4/c1-21-15(19)12-8-5-9-13(17)14(12)18-16(20)22-10-11-6-3-2-4-7-11/h2-9H,10H2,1H3,(H,18,20). The molecule has 0 unspecified atom stereocenters. The van der Waals surface area contributed by atoms with Crippen LogP contribution >= 0.6 is 22.6 Å². The van der Waals surface area contributed by atoms with Crippen LogP contribution in [0.3, 0.4) is 0 Å². The fraction of sp³-hybridized carbons (Fsp3) is 0.125. The minimum absolute atomic E-state index is 0.156. The summed E-state index contributed by atoms with van der Waals surface area (Å²) < 4.78 is 10.6. The maximum atomic E-state index is 11.9. The van der Waals surface area contributed by atoms with Crippen molar-refractivity contribution < 1.29 is 19.1 Å². The van der Waals surface area contributed by atoms with Gasteiger partial charge in [0, 0.05) is 3.57 Å². The number of ether oxygens (including phenoxy) is 2. The molecule has 0 radical (unpaired) electrons. The Kier molecular flexibility index (Phi) is 5.76. The van der Waals surface area contributed by atoms with Crippen LogP contribution in [-0.2, 0) is 16.1 Å². The fourth-order valence-corrected chi connectivity index (χ4v) is 2.43. The Bertz CT molecular complexity index is 673. The zero-order valence-electron chi connectivity index (χ0n) is 11.8. The lowest BCUT2D eigenvalue weighted by Gasteiger charge is -2.12. The molecule has 0 aliphatic heterocycles. The number of anilines is 1. The van der Waals surface area contributed by atoms with E-state index in [1.807, 2.05) is 52.9 Å². The maximum Gasteiger partial charge on any atom is 0.412 e. The zero-order valence-corrected chi connectivity index (χ0v) is 14.0. The molecule has 1 N–H and O–H groups in total. The maximum absolute atomic E-state index is 11.9. The minimum Gasteiger partial charge on any atom is -0.465 e. The molecule has 1 amide bonds. The van der Waals surface area contributed by atoms with Crippen molar-refractivity contribution in [1.29, 1.82) is 0 Å². The van der Waals surface area contributed by atoms with Gasteiger partial charge in [-0.15, -0.1) is 0 Å². The van der Waals surface area contributed by atoms with E-state index in [0.717, 1.165) is 9.13 Å². The van der Waals surface area contributed by atoms with Gasteiger partial charge >= 0.3 is 12.1 Å². The Hall–Kier alpha value is -2.09. The van der Waals surface area contributed by atoms with E-state index in [-0.39, 0.29) is 12.2 Å². The van der Waals surface area contributed by atoms with Crippen LogP contribution in [0.25, 0.3) is 0 Å². The third kappa shape index (κ3) is 4.20. The van der Waals surface area contributed by atoms with Gasteiger partial charge in [-0.1, -0.05) is 36.4 Å². The molecular formula is C16H14INO4. The molecule has 0 saturated heterocycles. The highest BCUT2D eigenvalue weighted by Gasteiger charge is 2.17. The largest absolute Gasteiger partial charge is 0.465 e. The molecular weight excluding hydrogens is 397 g/mol. The van der Waals surface area contributed by atoms with Crippen LogP contribution in [0.2, 0.25) is 0 Å². The van der Waals surface area contributed by atoms with Gasteiger partial charge in [-0.3, -0.25) is 5.32 Å². The Balaban J connectivity index is 2.07. The average Bonchev–Trinajstić information content (AvgIpc) is 2.55. The second-order valence-electron chi connectivity index (χ2n) is 4.34. The highest BCUT2D eigenvalue weighted by molar-refractivity contribution is 14.1. The summed E-state index contributed by atoms with van der Waals surface area (Å²) in [4.78, 5) is 23.6. The first kappa shape index (κ1) is 16.3. The number of carbonyl (C=O) groups excluding carboxylic acids is 2. The van der Waals surface area contributed by atoms with E-state index >= 15 is 0 Å². The lowest BCUT2D eigenvalue weighted by atomic mass is 10.2. The van der Waals surface area contributed by atoms with Crippen LogP contribution in [0.1, 0.15) is 15.9 Å². The first-order valence-electron chi connectivity index (χ1n) is 6.46. The number of halogens is 1. The number of nitrogens with one attached hydrogen (secondary N) is 1. The second-order valence-corrected chi connectivity index (χ2v) is 5.50. The summed E-state index contributed by atoms with van der Waals surface area (Å²) in [5.74, 6) is -0.517. The van der Waals surface area contributed by atoms with E-state index in [9.17, 15) is 9.59 Å². The smallest absolute Gasteiger partial charge is 0.412 e. The van der Waals surface area contributed by atoms with Gasteiger partial charge in [-0.05, 0) is 40.3 Å². The topological polar surface area (TPSA) is 64.6 Å². The monoisotopic (exact) mass is 411 g/mol. The molecule has 2 rings (SSSR count). The van der Waals surface area contributed by atoms with Gasteiger partial charge in [-0.2, -0.15) is 0 Å². The van der Waals surface area contributed by atoms with Gasteiger partial charge in [0.2, 0.25) is 0 Å². The van der Waals surface area contributed by atoms with Gasteiger partial charge in [0.05, 0.1) is 18.4 Å². The second kappa shape index (κ2) is 7.79. The highest BCUT2D eigenvalue weighted by atomic mass is 127. The van der Waals surface area contributed by atoms with Gasteiger partial charge < -0.3 is 9.47 Å². The number of esters is 1. The summed E-state index contributed by atoms with van der Waals surface area (Å²) in [6.45, 7) is 0.156. The number of para-hydroxylation sites is 1. The molecule has 5 nitrogen and oxygen atoms in total. The van der Waals surface area contributed by atoms with Crippen molar-refractivity contribution in [3.05, 3.63) is 63.2 Å². The van der Waals surface area contributed by atoms with Crippen molar-refractivity contribution >= 4 is 40.3 Å². The predicted molar refractivity (Wildman–Crippen MR) is 90.7 cm³/mol. The van der Waals surface area contributed by atoms with Crippen LogP contribution in [0.5, 0.6) is 0 Å². The number of amides is 1. The first-order chi connectivity index (χ1) is 10.6. The molecule has 0 atom stereocenters. The highest BCUT2D eigenvalue weighted by Crippen LogP contribution is 2.24. The van der Waals surface area contributed by atoms with Crippen LogP contribution in [-0.4, -0.2) is 19.2 Å². The third-order valence-corrected chi connectivity index (χ3v) is 3.76. The minimum atomic E-state index is -0.627. The van der Waals surface area contributed by atoms with Gasteiger partial charge in [0.15, 0.2) is 0 Å². The van der Waals surface area contributed by atoms with Crippen LogP contribution in [0, 0.1) is 3.57 Å². The van der Waals surface area contributed by atoms with Crippen LogP contribution < -0.4 is 5.32 Å². The fourth-order valence-electron chi connectivity index (χ4n) is 1.79. The Morgan fingerprint density at radius 1 is 1.09 bits per heavy atom. The van der Waals surface area contributed by atoms with Crippen molar-refractivity contribution in [3.8, 4) is 0 Å². The quantitative estimate of drug-likeness (QED) is 0.614. The van der Waals surface area contributed by atoms with E-state index in [2.05, 4.69) is 5.32 Å². The summed E-state index contributed by atoms with van der Waals surface area (Å²) in [6, 6.07) is 14.4. The van der Waals surface area contributed by atoms with Crippen molar-refractivity contribution in [2.24, 2.45) is 0 Å². The predicted octanol–water partition coefficient (Wildman–Crippen LogP) is 3.83. The van der Waals surface area contributed by atoms with Crippen LogP contribution in [0.4, 0.5) is 10.5 Å². The third-order valence-electron chi connectivity index (χ3n) is 2.86. The molecule has 0 saturated carbocycles. The molecule has 0 spiro atoms. The molecule has 6 heteroatoms. The molecule has 22 heavy (non-hydrogen) atoms. The number of hydrogen-bond donors (Lipinski definition) is 1. The summed E-state index contributed by atoms with van der Waals surface area (Å²) >= 11 is 2.03. The number of carbonyl (C=O) groups is 2. The molecule has 0 fully saturated rings. The SMILES string of the molecule is COC(=O)c1cccc(I)c1NC(=O)OCc1ccccc1. The lowest BCUT2D eigenvalue weighted by molar-refractivity contribution is 0.0602. The molecule has 2 aromatic carbocycles. The lowest BCUT2D eigenvalue weighted by Crippen LogP contribution is -2.17. The molecule has 0 heterocycles. The van der Waals surface area contributed by atoms with Crippen LogP contribution in [0.15, 0.2) is 48.5 Å². The number of benzene rings is 2. The van der Waals surface area contributed by atoms with Gasteiger partial charge in [0.25, 0.3) is 0 Å². The number of hydrogen-bond acceptors (Lipinski definition) is 4. The van der Waals surface area contributed by atoms with E-state index in [4.69, 9.17) is 9.47 Å². The Morgan fingerprint density at radius 2 is 1.82 bits per heavy atom. The first-order valence-corrected chi connectivity index (χ1v) is 7.54. The molecule has 0 aliphatic carbocycles. The number of rotatable bonds is 4. The van der Waals surface area contributed by atoms with E-state index in [1.165, 1.54) is 7.11 Å². The van der Waals surface area contributed by atoms with Gasteiger partial charge in [0.1, 0.15) is 6.61 Å². The Morgan fingerprint density at radius 3 is 2.50 bits per heavy atom. The zero-order chi connectivity index (χ0) is 15.9. The molecule has 2 aromatic rings.